The maximum atomic E-state index is 12.3. The zero-order valence-corrected chi connectivity index (χ0v) is 16.5. The van der Waals surface area contributed by atoms with E-state index in [0.717, 1.165) is 21.6 Å². The molecule has 2 aromatic carbocycles. The smallest absolute Gasteiger partial charge is 0.326 e. The molecule has 3 amide bonds. The molecule has 29 heavy (non-hydrogen) atoms. The van der Waals surface area contributed by atoms with E-state index in [2.05, 4.69) is 5.32 Å². The van der Waals surface area contributed by atoms with Gasteiger partial charge in [-0.1, -0.05) is 30.3 Å². The van der Waals surface area contributed by atoms with Gasteiger partial charge in [0.25, 0.3) is 17.7 Å². The van der Waals surface area contributed by atoms with Crippen LogP contribution in [0.4, 0.5) is 0 Å². The Morgan fingerprint density at radius 2 is 1.62 bits per heavy atom. The molecule has 0 unspecified atom stereocenters. The molecule has 1 aliphatic rings. The van der Waals surface area contributed by atoms with Crippen LogP contribution in [0.2, 0.25) is 0 Å². The summed E-state index contributed by atoms with van der Waals surface area (Å²) in [7, 11) is 0. The van der Waals surface area contributed by atoms with E-state index >= 15 is 0 Å². The summed E-state index contributed by atoms with van der Waals surface area (Å²) in [6.07, 6.45) is 0. The molecule has 0 aliphatic carbocycles. The number of nitrogens with zero attached hydrogens (tertiary/aromatic N) is 1. The highest BCUT2D eigenvalue weighted by Crippen LogP contribution is 2.22. The summed E-state index contributed by atoms with van der Waals surface area (Å²) >= 11 is 0. The Morgan fingerprint density at radius 1 is 1.00 bits per heavy atom. The van der Waals surface area contributed by atoms with Gasteiger partial charge < -0.3 is 10.1 Å². The Labute approximate surface area is 168 Å². The number of amides is 3. The van der Waals surface area contributed by atoms with Crippen molar-refractivity contribution in [2.75, 3.05) is 13.2 Å². The molecule has 1 atom stereocenters. The first-order chi connectivity index (χ1) is 13.8. The second-order valence-corrected chi connectivity index (χ2v) is 7.04. The third-order valence-electron chi connectivity index (χ3n) is 4.94. The SMILES string of the molecule is Cc1ccc([C@H](C)NC(=O)COC(=O)CN2C(=O)c3ccccc3C2=O)cc1C. The van der Waals surface area contributed by atoms with Crippen LogP contribution in [0.15, 0.2) is 42.5 Å². The second-order valence-electron chi connectivity index (χ2n) is 7.04. The van der Waals surface area contributed by atoms with Gasteiger partial charge >= 0.3 is 5.97 Å². The summed E-state index contributed by atoms with van der Waals surface area (Å²) in [5.74, 6) is -2.38. The zero-order valence-electron chi connectivity index (χ0n) is 16.5. The van der Waals surface area contributed by atoms with Crippen molar-refractivity contribution >= 4 is 23.7 Å². The molecule has 1 aliphatic heterocycles. The average Bonchev–Trinajstić information content (AvgIpc) is 2.93. The number of benzene rings is 2. The number of rotatable bonds is 6. The maximum absolute atomic E-state index is 12.3. The van der Waals surface area contributed by atoms with Crippen LogP contribution in [-0.2, 0) is 14.3 Å². The van der Waals surface area contributed by atoms with Crippen molar-refractivity contribution in [3.8, 4) is 0 Å². The highest BCUT2D eigenvalue weighted by Gasteiger charge is 2.36. The van der Waals surface area contributed by atoms with Gasteiger partial charge in [-0.25, -0.2) is 0 Å². The standard InChI is InChI=1S/C22H22N2O5/c1-13-8-9-16(10-14(13)2)15(3)23-19(25)12-29-20(26)11-24-21(27)17-6-4-5-7-18(17)22(24)28/h4-10,15H,11-12H2,1-3H3,(H,23,25)/t15-/m0/s1. The van der Waals surface area contributed by atoms with Crippen molar-refractivity contribution in [3.05, 3.63) is 70.3 Å². The number of imide groups is 1. The molecule has 150 valence electrons. The molecule has 7 heteroatoms. The van der Waals surface area contributed by atoms with E-state index in [0.29, 0.717) is 0 Å². The zero-order chi connectivity index (χ0) is 21.1. The second kappa shape index (κ2) is 8.26. The van der Waals surface area contributed by atoms with Crippen molar-refractivity contribution in [1.82, 2.24) is 10.2 Å². The number of nitrogens with one attached hydrogen (secondary N) is 1. The Hall–Kier alpha value is -3.48. The Bertz CT molecular complexity index is 963. The fourth-order valence-electron chi connectivity index (χ4n) is 3.10. The molecule has 0 aromatic heterocycles. The van der Waals surface area contributed by atoms with Gasteiger partial charge in [0.15, 0.2) is 6.61 Å². The molecule has 0 saturated carbocycles. The maximum Gasteiger partial charge on any atom is 0.326 e. The molecular weight excluding hydrogens is 372 g/mol. The normalized spacial score (nSPS) is 13.8. The lowest BCUT2D eigenvalue weighted by Gasteiger charge is -2.16. The number of fused-ring (bicyclic) bond motifs is 1. The minimum atomic E-state index is -0.825. The molecular formula is C22H22N2O5. The third kappa shape index (κ3) is 4.34. The van der Waals surface area contributed by atoms with Crippen molar-refractivity contribution < 1.29 is 23.9 Å². The van der Waals surface area contributed by atoms with Crippen molar-refractivity contribution in [3.63, 3.8) is 0 Å². The summed E-state index contributed by atoms with van der Waals surface area (Å²) in [5.41, 5.74) is 3.74. The number of aryl methyl sites for hydroxylation is 2. The van der Waals surface area contributed by atoms with Crippen molar-refractivity contribution in [2.45, 2.75) is 26.8 Å². The van der Waals surface area contributed by atoms with Gasteiger partial charge in [0.2, 0.25) is 0 Å². The predicted octanol–water partition coefficient (Wildman–Crippen LogP) is 2.32. The molecule has 2 aromatic rings. The van der Waals surface area contributed by atoms with Gasteiger partial charge in [-0.3, -0.25) is 24.1 Å². The fourth-order valence-corrected chi connectivity index (χ4v) is 3.10. The van der Waals surface area contributed by atoms with Crippen LogP contribution in [0, 0.1) is 13.8 Å². The first kappa shape index (κ1) is 20.3. The van der Waals surface area contributed by atoms with Gasteiger partial charge in [0.05, 0.1) is 17.2 Å². The fraction of sp³-hybridized carbons (Fsp3) is 0.273. The number of hydrogen-bond donors (Lipinski definition) is 1. The van der Waals surface area contributed by atoms with Gasteiger partial charge in [-0.15, -0.1) is 0 Å². The highest BCUT2D eigenvalue weighted by atomic mass is 16.5. The molecule has 1 heterocycles. The number of hydrogen-bond acceptors (Lipinski definition) is 5. The predicted molar refractivity (Wildman–Crippen MR) is 105 cm³/mol. The number of carbonyl (C=O) groups excluding carboxylic acids is 4. The topological polar surface area (TPSA) is 92.8 Å². The van der Waals surface area contributed by atoms with Gasteiger partial charge in [-0.2, -0.15) is 0 Å². The summed E-state index contributed by atoms with van der Waals surface area (Å²) in [6.45, 7) is 4.82. The summed E-state index contributed by atoms with van der Waals surface area (Å²) in [4.78, 5) is 49.5. The lowest BCUT2D eigenvalue weighted by molar-refractivity contribution is -0.148. The third-order valence-corrected chi connectivity index (χ3v) is 4.94. The van der Waals surface area contributed by atoms with Gasteiger partial charge in [-0.05, 0) is 49.6 Å². The summed E-state index contributed by atoms with van der Waals surface area (Å²) < 4.78 is 4.94. The largest absolute Gasteiger partial charge is 0.454 e. The van der Waals surface area contributed by atoms with Crippen LogP contribution in [0.3, 0.4) is 0 Å². The number of esters is 1. The van der Waals surface area contributed by atoms with Crippen LogP contribution in [0.5, 0.6) is 0 Å². The van der Waals surface area contributed by atoms with E-state index < -0.39 is 36.8 Å². The first-order valence-electron chi connectivity index (χ1n) is 9.25. The van der Waals surface area contributed by atoms with Crippen LogP contribution in [0.25, 0.3) is 0 Å². The Morgan fingerprint density at radius 3 is 2.21 bits per heavy atom. The van der Waals surface area contributed by atoms with E-state index in [4.69, 9.17) is 4.74 Å². The van der Waals surface area contributed by atoms with Gasteiger partial charge in [0.1, 0.15) is 6.54 Å². The lowest BCUT2D eigenvalue weighted by Crippen LogP contribution is -2.37. The quantitative estimate of drug-likeness (QED) is 0.600. The van der Waals surface area contributed by atoms with E-state index in [1.54, 1.807) is 12.1 Å². The van der Waals surface area contributed by atoms with Crippen LogP contribution in [0.1, 0.15) is 50.4 Å². The summed E-state index contributed by atoms with van der Waals surface area (Å²) in [6, 6.07) is 12.0. The monoisotopic (exact) mass is 394 g/mol. The number of carbonyl (C=O) groups is 4. The molecule has 0 spiro atoms. The molecule has 0 bridgehead atoms. The van der Waals surface area contributed by atoms with Crippen LogP contribution in [-0.4, -0.2) is 41.7 Å². The van der Waals surface area contributed by atoms with E-state index in [9.17, 15) is 19.2 Å². The average molecular weight is 394 g/mol. The lowest BCUT2D eigenvalue weighted by atomic mass is 10.0. The molecule has 3 rings (SSSR count). The summed E-state index contributed by atoms with van der Waals surface area (Å²) in [5, 5.41) is 2.76. The van der Waals surface area contributed by atoms with Gasteiger partial charge in [0, 0.05) is 0 Å². The molecule has 1 N–H and O–H groups in total. The number of ether oxygens (including phenoxy) is 1. The molecule has 7 nitrogen and oxygen atoms in total. The van der Waals surface area contributed by atoms with E-state index in [-0.39, 0.29) is 17.2 Å². The molecule has 0 fully saturated rings. The van der Waals surface area contributed by atoms with Crippen molar-refractivity contribution in [1.29, 1.82) is 0 Å². The minimum absolute atomic E-state index is 0.253. The van der Waals surface area contributed by atoms with Crippen LogP contribution >= 0.6 is 0 Å². The highest BCUT2D eigenvalue weighted by molar-refractivity contribution is 6.22. The molecule has 0 saturated heterocycles. The first-order valence-corrected chi connectivity index (χ1v) is 9.25. The Kier molecular flexibility index (Phi) is 5.77. The van der Waals surface area contributed by atoms with E-state index in [1.807, 2.05) is 39.0 Å². The van der Waals surface area contributed by atoms with Crippen molar-refractivity contribution in [2.24, 2.45) is 0 Å². The Balaban J connectivity index is 1.50. The minimum Gasteiger partial charge on any atom is -0.454 e. The van der Waals surface area contributed by atoms with E-state index in [1.165, 1.54) is 12.1 Å². The molecule has 0 radical (unpaired) electrons. The van der Waals surface area contributed by atoms with Crippen LogP contribution < -0.4 is 5.32 Å².